The maximum absolute atomic E-state index is 11.2. The summed E-state index contributed by atoms with van der Waals surface area (Å²) >= 11 is 5.93. The zero-order valence-corrected chi connectivity index (χ0v) is 15.9. The molecule has 26 heavy (non-hydrogen) atoms. The molecule has 1 aliphatic heterocycles. The van der Waals surface area contributed by atoms with Crippen molar-refractivity contribution < 1.29 is 22.1 Å². The Labute approximate surface area is 158 Å². The molecule has 1 fully saturated rings. The van der Waals surface area contributed by atoms with E-state index in [1.54, 1.807) is 12.5 Å². The number of aromatic nitrogens is 2. The smallest absolute Gasteiger partial charge is 0.264 e. The maximum Gasteiger partial charge on any atom is 0.264 e. The zero-order chi connectivity index (χ0) is 18.6. The number of ether oxygens (including phenoxy) is 2. The van der Waals surface area contributed by atoms with Crippen LogP contribution < -0.4 is 0 Å². The lowest BCUT2D eigenvalue weighted by atomic mass is 10.0. The van der Waals surface area contributed by atoms with E-state index in [1.807, 2.05) is 35.0 Å². The summed E-state index contributed by atoms with van der Waals surface area (Å²) < 4.78 is 41.2. The Morgan fingerprint density at radius 1 is 1.38 bits per heavy atom. The summed E-state index contributed by atoms with van der Waals surface area (Å²) in [5, 5.41) is 0.688. The molecule has 2 atom stereocenters. The minimum atomic E-state index is -3.52. The molecular weight excluding hydrogens is 380 g/mol. The largest absolute Gasteiger partial charge is 0.345 e. The highest BCUT2D eigenvalue weighted by atomic mass is 35.5. The second-order valence-electron chi connectivity index (χ2n) is 6.31. The molecule has 1 saturated heterocycles. The predicted octanol–water partition coefficient (Wildman–Crippen LogP) is 2.26. The highest BCUT2D eigenvalue weighted by molar-refractivity contribution is 7.85. The Morgan fingerprint density at radius 3 is 2.81 bits per heavy atom. The standard InChI is InChI=1S/C17H21ClN2O5S/c1-26(21,22)24-11-16-10-23-17(25-16,12-20-9-8-19-13-20)7-6-14-2-4-15(18)5-3-14/h2-5,8-9,13,16H,6-7,10-12H2,1H3/t16-,17+/m1/s1. The fourth-order valence-electron chi connectivity index (χ4n) is 2.84. The monoisotopic (exact) mass is 400 g/mol. The van der Waals surface area contributed by atoms with Crippen LogP contribution in [0, 0.1) is 0 Å². The van der Waals surface area contributed by atoms with Gasteiger partial charge < -0.3 is 14.0 Å². The van der Waals surface area contributed by atoms with Crippen LogP contribution in [-0.4, -0.2) is 49.3 Å². The van der Waals surface area contributed by atoms with Crippen LogP contribution in [0.2, 0.25) is 5.02 Å². The molecule has 1 aromatic heterocycles. The highest BCUT2D eigenvalue weighted by Crippen LogP contribution is 2.31. The normalized spacial score (nSPS) is 23.4. The average Bonchev–Trinajstić information content (AvgIpc) is 3.23. The fraction of sp³-hybridized carbons (Fsp3) is 0.471. The van der Waals surface area contributed by atoms with Crippen LogP contribution in [0.25, 0.3) is 0 Å². The number of halogens is 1. The fourth-order valence-corrected chi connectivity index (χ4v) is 3.36. The van der Waals surface area contributed by atoms with Gasteiger partial charge in [-0.2, -0.15) is 8.42 Å². The van der Waals surface area contributed by atoms with Gasteiger partial charge >= 0.3 is 0 Å². The van der Waals surface area contributed by atoms with Crippen molar-refractivity contribution in [2.45, 2.75) is 31.3 Å². The van der Waals surface area contributed by atoms with Gasteiger partial charge in [-0.1, -0.05) is 23.7 Å². The molecule has 0 unspecified atom stereocenters. The van der Waals surface area contributed by atoms with Crippen LogP contribution in [0.5, 0.6) is 0 Å². The van der Waals surface area contributed by atoms with E-state index in [9.17, 15) is 8.42 Å². The minimum Gasteiger partial charge on any atom is -0.345 e. The Hall–Kier alpha value is -1.45. The third-order valence-corrected chi connectivity index (χ3v) is 4.89. The van der Waals surface area contributed by atoms with Crippen molar-refractivity contribution in [3.05, 3.63) is 53.6 Å². The zero-order valence-electron chi connectivity index (χ0n) is 14.4. The summed E-state index contributed by atoms with van der Waals surface area (Å²) in [6, 6.07) is 7.62. The molecule has 142 valence electrons. The van der Waals surface area contributed by atoms with Gasteiger partial charge in [0.15, 0.2) is 5.79 Å². The van der Waals surface area contributed by atoms with Crippen LogP contribution in [0.15, 0.2) is 43.0 Å². The number of rotatable bonds is 8. The predicted molar refractivity (Wildman–Crippen MR) is 96.4 cm³/mol. The molecular formula is C17H21ClN2O5S. The Bertz CT molecular complexity index is 810. The molecule has 0 saturated carbocycles. The number of benzene rings is 1. The van der Waals surface area contributed by atoms with Gasteiger partial charge in [0, 0.05) is 23.8 Å². The van der Waals surface area contributed by atoms with Crippen LogP contribution in [0.3, 0.4) is 0 Å². The van der Waals surface area contributed by atoms with Crippen LogP contribution in [0.4, 0.5) is 0 Å². The van der Waals surface area contributed by atoms with E-state index < -0.39 is 22.0 Å². The molecule has 0 aliphatic carbocycles. The summed E-state index contributed by atoms with van der Waals surface area (Å²) in [6.45, 7) is 0.659. The first-order valence-corrected chi connectivity index (χ1v) is 10.4. The summed E-state index contributed by atoms with van der Waals surface area (Å²) in [6.07, 6.45) is 7.11. The first-order valence-electron chi connectivity index (χ1n) is 8.20. The third kappa shape index (κ3) is 5.52. The van der Waals surface area contributed by atoms with E-state index in [2.05, 4.69) is 4.98 Å². The van der Waals surface area contributed by atoms with Crippen molar-refractivity contribution in [1.82, 2.24) is 9.55 Å². The van der Waals surface area contributed by atoms with Gasteiger partial charge in [0.05, 0.1) is 32.3 Å². The molecule has 7 nitrogen and oxygen atoms in total. The second kappa shape index (κ2) is 8.06. The van der Waals surface area contributed by atoms with Gasteiger partial charge in [-0.3, -0.25) is 4.18 Å². The molecule has 0 N–H and O–H groups in total. The van der Waals surface area contributed by atoms with Crippen molar-refractivity contribution >= 4 is 21.7 Å². The van der Waals surface area contributed by atoms with Crippen molar-refractivity contribution in [1.29, 1.82) is 0 Å². The molecule has 0 amide bonds. The van der Waals surface area contributed by atoms with E-state index in [4.69, 9.17) is 25.3 Å². The lowest BCUT2D eigenvalue weighted by Gasteiger charge is -2.28. The van der Waals surface area contributed by atoms with E-state index in [1.165, 1.54) is 0 Å². The number of nitrogens with zero attached hydrogens (tertiary/aromatic N) is 2. The molecule has 0 spiro atoms. The van der Waals surface area contributed by atoms with Crippen molar-refractivity contribution in [3.8, 4) is 0 Å². The van der Waals surface area contributed by atoms with E-state index in [0.29, 0.717) is 18.0 Å². The third-order valence-electron chi connectivity index (χ3n) is 4.07. The van der Waals surface area contributed by atoms with Crippen molar-refractivity contribution in [2.75, 3.05) is 19.5 Å². The first kappa shape index (κ1) is 19.3. The van der Waals surface area contributed by atoms with Crippen LogP contribution in [0.1, 0.15) is 12.0 Å². The molecule has 3 rings (SSSR count). The van der Waals surface area contributed by atoms with E-state index in [-0.39, 0.29) is 13.2 Å². The SMILES string of the molecule is CS(=O)(=O)OC[C@H]1CO[C@](CCc2ccc(Cl)cc2)(Cn2ccnc2)O1. The van der Waals surface area contributed by atoms with E-state index in [0.717, 1.165) is 18.2 Å². The maximum atomic E-state index is 11.2. The number of hydrogen-bond acceptors (Lipinski definition) is 6. The van der Waals surface area contributed by atoms with Crippen molar-refractivity contribution in [2.24, 2.45) is 0 Å². The molecule has 2 aromatic rings. The molecule has 9 heteroatoms. The lowest BCUT2D eigenvalue weighted by Crippen LogP contribution is -2.37. The molecule has 2 heterocycles. The molecule has 1 aliphatic rings. The van der Waals surface area contributed by atoms with Gasteiger partial charge in [-0.15, -0.1) is 0 Å². The summed E-state index contributed by atoms with van der Waals surface area (Å²) in [7, 11) is -3.52. The van der Waals surface area contributed by atoms with Crippen LogP contribution >= 0.6 is 11.6 Å². The van der Waals surface area contributed by atoms with E-state index >= 15 is 0 Å². The Morgan fingerprint density at radius 2 is 2.15 bits per heavy atom. The van der Waals surface area contributed by atoms with Crippen LogP contribution in [-0.2, 0) is 36.7 Å². The lowest BCUT2D eigenvalue weighted by molar-refractivity contribution is -0.184. The summed E-state index contributed by atoms with van der Waals surface area (Å²) in [5.41, 5.74) is 1.11. The first-order chi connectivity index (χ1) is 12.3. The number of aryl methyl sites for hydroxylation is 1. The molecule has 1 aromatic carbocycles. The van der Waals surface area contributed by atoms with Crippen molar-refractivity contribution in [3.63, 3.8) is 0 Å². The molecule has 0 bridgehead atoms. The van der Waals surface area contributed by atoms with Gasteiger partial charge in [-0.25, -0.2) is 4.98 Å². The Balaban J connectivity index is 1.67. The highest BCUT2D eigenvalue weighted by Gasteiger charge is 2.42. The average molecular weight is 401 g/mol. The molecule has 0 radical (unpaired) electrons. The number of imidazole rings is 1. The Kier molecular flexibility index (Phi) is 5.99. The minimum absolute atomic E-state index is 0.0640. The quantitative estimate of drug-likeness (QED) is 0.632. The topological polar surface area (TPSA) is 79.7 Å². The van der Waals surface area contributed by atoms with Gasteiger partial charge in [-0.05, 0) is 24.1 Å². The van der Waals surface area contributed by atoms with Gasteiger partial charge in [0.25, 0.3) is 10.1 Å². The number of hydrogen-bond donors (Lipinski definition) is 0. The second-order valence-corrected chi connectivity index (χ2v) is 8.39. The van der Waals surface area contributed by atoms with Gasteiger partial charge in [0.2, 0.25) is 0 Å². The summed E-state index contributed by atoms with van der Waals surface area (Å²) in [4.78, 5) is 4.04. The van der Waals surface area contributed by atoms with Gasteiger partial charge in [0.1, 0.15) is 6.10 Å². The summed E-state index contributed by atoms with van der Waals surface area (Å²) in [5.74, 6) is -0.869.